The zero-order valence-electron chi connectivity index (χ0n) is 7.66. The number of hydrogen-bond acceptors (Lipinski definition) is 4. The Morgan fingerprint density at radius 1 is 1.71 bits per heavy atom. The molecule has 2 rings (SSSR count). The van der Waals surface area contributed by atoms with E-state index in [4.69, 9.17) is 5.73 Å². The van der Waals surface area contributed by atoms with Crippen LogP contribution in [-0.2, 0) is 6.42 Å². The van der Waals surface area contributed by atoms with Gasteiger partial charge in [0.15, 0.2) is 0 Å². The van der Waals surface area contributed by atoms with Gasteiger partial charge in [0, 0.05) is 30.4 Å². The molecule has 2 heterocycles. The molecule has 1 aliphatic rings. The highest BCUT2D eigenvalue weighted by Crippen LogP contribution is 2.23. The van der Waals surface area contributed by atoms with Crippen LogP contribution < -0.4 is 11.1 Å². The van der Waals surface area contributed by atoms with Crippen LogP contribution in [0.15, 0.2) is 22.3 Å². The van der Waals surface area contributed by atoms with E-state index in [0.717, 1.165) is 24.0 Å². The minimum atomic E-state index is 0.158. The van der Waals surface area contributed by atoms with Gasteiger partial charge in [0.05, 0.1) is 10.7 Å². The molecule has 1 atom stereocenters. The molecular formula is C9H12BrN3S. The second-order valence-electron chi connectivity index (χ2n) is 3.39. The van der Waals surface area contributed by atoms with Crippen LogP contribution in [0.4, 0.5) is 0 Å². The van der Waals surface area contributed by atoms with Crippen molar-refractivity contribution in [3.8, 4) is 0 Å². The average molecular weight is 274 g/mol. The van der Waals surface area contributed by atoms with E-state index in [0.29, 0.717) is 0 Å². The monoisotopic (exact) mass is 273 g/mol. The van der Waals surface area contributed by atoms with Gasteiger partial charge in [-0.25, -0.2) is 0 Å². The minimum Gasteiger partial charge on any atom is -0.323 e. The number of aromatic nitrogens is 1. The molecule has 1 aliphatic heterocycles. The standard InChI is InChI=1S/C9H12BrN3S/c10-8-5-13-14-9(8)2-6-1-7(11)4-12-3-6/h1,5,7,12H,2-4,11H2. The molecule has 1 aromatic heterocycles. The van der Waals surface area contributed by atoms with Crippen molar-refractivity contribution in [1.29, 1.82) is 0 Å². The molecule has 3 nitrogen and oxygen atoms in total. The Morgan fingerprint density at radius 3 is 3.21 bits per heavy atom. The first-order chi connectivity index (χ1) is 6.75. The molecule has 0 radical (unpaired) electrons. The fraction of sp³-hybridized carbons (Fsp3) is 0.444. The fourth-order valence-electron chi connectivity index (χ4n) is 1.52. The van der Waals surface area contributed by atoms with Crippen molar-refractivity contribution >= 4 is 27.5 Å². The Balaban J connectivity index is 2.07. The third-order valence-electron chi connectivity index (χ3n) is 2.16. The third kappa shape index (κ3) is 2.42. The highest BCUT2D eigenvalue weighted by molar-refractivity contribution is 9.10. The maximum atomic E-state index is 5.83. The number of hydrogen-bond donors (Lipinski definition) is 2. The SMILES string of the molecule is NC1C=C(Cc2sncc2Br)CNC1. The first-order valence-corrected chi connectivity index (χ1v) is 6.07. The van der Waals surface area contributed by atoms with Crippen molar-refractivity contribution in [3.05, 3.63) is 27.2 Å². The molecule has 0 bridgehead atoms. The second-order valence-corrected chi connectivity index (χ2v) is 5.13. The van der Waals surface area contributed by atoms with E-state index >= 15 is 0 Å². The van der Waals surface area contributed by atoms with Gasteiger partial charge in [-0.1, -0.05) is 11.6 Å². The van der Waals surface area contributed by atoms with Crippen LogP contribution in [-0.4, -0.2) is 23.5 Å². The van der Waals surface area contributed by atoms with Crippen molar-refractivity contribution in [1.82, 2.24) is 9.69 Å². The second kappa shape index (κ2) is 4.53. The minimum absolute atomic E-state index is 0.158. The van der Waals surface area contributed by atoms with Crippen LogP contribution in [0.2, 0.25) is 0 Å². The maximum Gasteiger partial charge on any atom is 0.0552 e. The summed E-state index contributed by atoms with van der Waals surface area (Å²) in [7, 11) is 0. The summed E-state index contributed by atoms with van der Waals surface area (Å²) in [5, 5.41) is 3.29. The Hall–Kier alpha value is -0.230. The summed E-state index contributed by atoms with van der Waals surface area (Å²) < 4.78 is 5.22. The molecule has 76 valence electrons. The lowest BCUT2D eigenvalue weighted by molar-refractivity contribution is 0.627. The van der Waals surface area contributed by atoms with E-state index in [1.54, 1.807) is 0 Å². The fourth-order valence-corrected chi connectivity index (χ4v) is 2.79. The number of nitrogens with zero attached hydrogens (tertiary/aromatic N) is 1. The Bertz CT molecular complexity index is 348. The van der Waals surface area contributed by atoms with Crippen LogP contribution in [0.1, 0.15) is 4.88 Å². The molecule has 5 heteroatoms. The molecule has 0 aliphatic carbocycles. The van der Waals surface area contributed by atoms with E-state index in [1.807, 2.05) is 6.20 Å². The summed E-state index contributed by atoms with van der Waals surface area (Å²) in [6.45, 7) is 1.82. The summed E-state index contributed by atoms with van der Waals surface area (Å²) in [4.78, 5) is 1.27. The van der Waals surface area contributed by atoms with E-state index < -0.39 is 0 Å². The van der Waals surface area contributed by atoms with Gasteiger partial charge in [-0.3, -0.25) is 0 Å². The molecule has 3 N–H and O–H groups in total. The lowest BCUT2D eigenvalue weighted by atomic mass is 10.1. The average Bonchev–Trinajstić information content (AvgIpc) is 2.52. The zero-order valence-corrected chi connectivity index (χ0v) is 10.1. The van der Waals surface area contributed by atoms with Gasteiger partial charge in [0.1, 0.15) is 0 Å². The molecule has 0 spiro atoms. The van der Waals surface area contributed by atoms with Gasteiger partial charge in [-0.05, 0) is 27.5 Å². The number of nitrogens with two attached hydrogens (primary N) is 1. The van der Waals surface area contributed by atoms with E-state index in [2.05, 4.69) is 31.7 Å². The maximum absolute atomic E-state index is 5.83. The van der Waals surface area contributed by atoms with Crippen LogP contribution in [0, 0.1) is 0 Å². The molecule has 0 saturated heterocycles. The van der Waals surface area contributed by atoms with E-state index in [1.165, 1.54) is 22.0 Å². The molecule has 0 saturated carbocycles. The van der Waals surface area contributed by atoms with E-state index in [9.17, 15) is 0 Å². The zero-order chi connectivity index (χ0) is 9.97. The van der Waals surface area contributed by atoms with Gasteiger partial charge in [0.25, 0.3) is 0 Å². The smallest absolute Gasteiger partial charge is 0.0552 e. The lowest BCUT2D eigenvalue weighted by Crippen LogP contribution is -2.38. The molecule has 0 aromatic carbocycles. The summed E-state index contributed by atoms with van der Waals surface area (Å²) in [5.74, 6) is 0. The van der Waals surface area contributed by atoms with Gasteiger partial charge in [0.2, 0.25) is 0 Å². The number of nitrogens with one attached hydrogen (secondary N) is 1. The lowest BCUT2D eigenvalue weighted by Gasteiger charge is -2.18. The Kier molecular flexibility index (Phi) is 3.33. The molecule has 0 amide bonds. The first-order valence-electron chi connectivity index (χ1n) is 4.50. The number of halogens is 1. The van der Waals surface area contributed by atoms with Crippen molar-refractivity contribution in [3.63, 3.8) is 0 Å². The predicted octanol–water partition coefficient (Wildman–Crippen LogP) is 1.31. The highest BCUT2D eigenvalue weighted by Gasteiger charge is 2.11. The van der Waals surface area contributed by atoms with Crippen LogP contribution >= 0.6 is 27.5 Å². The van der Waals surface area contributed by atoms with Crippen molar-refractivity contribution in [2.45, 2.75) is 12.5 Å². The summed E-state index contributed by atoms with van der Waals surface area (Å²) in [5.41, 5.74) is 7.18. The molecule has 14 heavy (non-hydrogen) atoms. The van der Waals surface area contributed by atoms with Crippen molar-refractivity contribution in [2.75, 3.05) is 13.1 Å². The third-order valence-corrected chi connectivity index (χ3v) is 3.91. The predicted molar refractivity (Wildman–Crippen MR) is 62.4 cm³/mol. The van der Waals surface area contributed by atoms with E-state index in [-0.39, 0.29) is 6.04 Å². The highest BCUT2D eigenvalue weighted by atomic mass is 79.9. The summed E-state index contributed by atoms with van der Waals surface area (Å²) in [6, 6.07) is 0.158. The molecule has 1 aromatic rings. The van der Waals surface area contributed by atoms with Gasteiger partial charge in [-0.2, -0.15) is 4.37 Å². The molecule has 1 unspecified atom stereocenters. The Labute approximate surface area is 95.7 Å². The van der Waals surface area contributed by atoms with Crippen molar-refractivity contribution in [2.24, 2.45) is 5.73 Å². The first kappa shape index (κ1) is 10.3. The quantitative estimate of drug-likeness (QED) is 0.799. The number of rotatable bonds is 2. The van der Waals surface area contributed by atoms with Crippen molar-refractivity contribution < 1.29 is 0 Å². The van der Waals surface area contributed by atoms with Crippen LogP contribution in [0.5, 0.6) is 0 Å². The van der Waals surface area contributed by atoms with Crippen LogP contribution in [0.25, 0.3) is 0 Å². The molecule has 0 fully saturated rings. The van der Waals surface area contributed by atoms with Gasteiger partial charge >= 0.3 is 0 Å². The Morgan fingerprint density at radius 2 is 2.57 bits per heavy atom. The topological polar surface area (TPSA) is 50.9 Å². The summed E-state index contributed by atoms with van der Waals surface area (Å²) in [6.07, 6.45) is 4.95. The largest absolute Gasteiger partial charge is 0.323 e. The normalized spacial score (nSPS) is 22.1. The molecular weight excluding hydrogens is 262 g/mol. The summed E-state index contributed by atoms with van der Waals surface area (Å²) >= 11 is 5.02. The van der Waals surface area contributed by atoms with Crippen LogP contribution in [0.3, 0.4) is 0 Å². The van der Waals surface area contributed by atoms with Gasteiger partial charge < -0.3 is 11.1 Å². The van der Waals surface area contributed by atoms with Gasteiger partial charge in [-0.15, -0.1) is 0 Å².